The van der Waals surface area contributed by atoms with Crippen LogP contribution in [0.3, 0.4) is 0 Å². The predicted octanol–water partition coefficient (Wildman–Crippen LogP) is 3.25. The zero-order valence-corrected chi connectivity index (χ0v) is 12.9. The van der Waals surface area contributed by atoms with Crippen molar-refractivity contribution in [1.29, 1.82) is 0 Å². The number of carbonyl (C=O) groups is 1. The van der Waals surface area contributed by atoms with Crippen LogP contribution in [0.1, 0.15) is 16.7 Å². The van der Waals surface area contributed by atoms with Crippen molar-refractivity contribution in [1.82, 2.24) is 0 Å². The molecule has 0 unspecified atom stereocenters. The highest BCUT2D eigenvalue weighted by Gasteiger charge is 2.20. The number of hydrogen-bond acceptors (Lipinski definition) is 3. The van der Waals surface area contributed by atoms with Gasteiger partial charge in [-0.25, -0.2) is 0 Å². The van der Waals surface area contributed by atoms with Gasteiger partial charge in [-0.3, -0.25) is 9.79 Å². The Kier molecular flexibility index (Phi) is 3.51. The summed E-state index contributed by atoms with van der Waals surface area (Å²) >= 11 is 3.32. The van der Waals surface area contributed by atoms with Crippen LogP contribution < -0.4 is 5.32 Å². The lowest BCUT2D eigenvalue weighted by atomic mass is 9.97. The number of benzodiazepines with no additional fused rings is 1. The van der Waals surface area contributed by atoms with Gasteiger partial charge in [0.05, 0.1) is 15.9 Å². The van der Waals surface area contributed by atoms with Gasteiger partial charge in [0.15, 0.2) is 0 Å². The number of fused-ring (bicyclic) bond motifs is 1. The number of anilines is 1. The van der Waals surface area contributed by atoms with Crippen molar-refractivity contribution in [2.75, 3.05) is 11.9 Å². The van der Waals surface area contributed by atoms with Crippen molar-refractivity contribution in [2.45, 2.75) is 6.92 Å². The Bertz CT molecular complexity index is 769. The lowest BCUT2D eigenvalue weighted by molar-refractivity contribution is -0.114. The van der Waals surface area contributed by atoms with Crippen LogP contribution in [0.15, 0.2) is 45.9 Å². The SMILES string of the molecule is Cc1ccccc1C1=NCC(=O)Nc2cc(O)c(Br)cc21. The maximum Gasteiger partial charge on any atom is 0.246 e. The molecule has 0 bridgehead atoms. The van der Waals surface area contributed by atoms with E-state index in [9.17, 15) is 9.90 Å². The maximum atomic E-state index is 11.8. The molecule has 2 aromatic rings. The van der Waals surface area contributed by atoms with E-state index in [2.05, 4.69) is 26.2 Å². The summed E-state index contributed by atoms with van der Waals surface area (Å²) in [6, 6.07) is 11.2. The van der Waals surface area contributed by atoms with Crippen LogP contribution in [0.5, 0.6) is 5.75 Å². The Morgan fingerprint density at radius 2 is 2.00 bits per heavy atom. The van der Waals surface area contributed by atoms with E-state index in [1.807, 2.05) is 31.2 Å². The van der Waals surface area contributed by atoms with Gasteiger partial charge in [0.25, 0.3) is 0 Å². The molecular weight excluding hydrogens is 332 g/mol. The lowest BCUT2D eigenvalue weighted by Crippen LogP contribution is -2.13. The molecular formula is C16H13BrN2O2. The molecule has 2 aromatic carbocycles. The van der Waals surface area contributed by atoms with Crippen LogP contribution in [0.25, 0.3) is 0 Å². The van der Waals surface area contributed by atoms with E-state index >= 15 is 0 Å². The van der Waals surface area contributed by atoms with Gasteiger partial charge in [-0.05, 0) is 34.5 Å². The number of carbonyl (C=O) groups excluding carboxylic acids is 1. The molecule has 0 saturated heterocycles. The Balaban J connectivity index is 2.25. The first-order chi connectivity index (χ1) is 10.1. The molecule has 3 rings (SSSR count). The van der Waals surface area contributed by atoms with Crippen molar-refractivity contribution < 1.29 is 9.90 Å². The summed E-state index contributed by atoms with van der Waals surface area (Å²) in [5.74, 6) is -0.110. The summed E-state index contributed by atoms with van der Waals surface area (Å²) in [6.45, 7) is 2.07. The van der Waals surface area contributed by atoms with Crippen molar-refractivity contribution in [3.8, 4) is 5.75 Å². The molecule has 2 N–H and O–H groups in total. The van der Waals surface area contributed by atoms with Gasteiger partial charge in [-0.2, -0.15) is 0 Å². The predicted molar refractivity (Wildman–Crippen MR) is 86.1 cm³/mol. The van der Waals surface area contributed by atoms with E-state index in [0.29, 0.717) is 10.2 Å². The fraction of sp³-hybridized carbons (Fsp3) is 0.125. The Hall–Kier alpha value is -2.14. The number of rotatable bonds is 1. The molecule has 0 aliphatic carbocycles. The van der Waals surface area contributed by atoms with Crippen LogP contribution in [-0.4, -0.2) is 23.3 Å². The number of halogens is 1. The number of nitrogens with zero attached hydrogens (tertiary/aromatic N) is 1. The third kappa shape index (κ3) is 2.56. The average molecular weight is 345 g/mol. The second kappa shape index (κ2) is 5.33. The maximum absolute atomic E-state index is 11.8. The Labute approximate surface area is 130 Å². The molecule has 106 valence electrons. The first-order valence-electron chi connectivity index (χ1n) is 6.49. The topological polar surface area (TPSA) is 61.7 Å². The molecule has 1 heterocycles. The van der Waals surface area contributed by atoms with Gasteiger partial charge in [0.2, 0.25) is 5.91 Å². The second-order valence-corrected chi connectivity index (χ2v) is 5.73. The molecule has 21 heavy (non-hydrogen) atoms. The summed E-state index contributed by atoms with van der Waals surface area (Å²) in [4.78, 5) is 16.2. The zero-order chi connectivity index (χ0) is 15.0. The van der Waals surface area contributed by atoms with Gasteiger partial charge >= 0.3 is 0 Å². The summed E-state index contributed by atoms with van der Waals surface area (Å²) in [6.07, 6.45) is 0. The van der Waals surface area contributed by atoms with E-state index < -0.39 is 0 Å². The summed E-state index contributed by atoms with van der Waals surface area (Å²) in [5.41, 5.74) is 4.18. The lowest BCUT2D eigenvalue weighted by Gasteiger charge is -2.13. The molecule has 0 atom stereocenters. The highest BCUT2D eigenvalue weighted by molar-refractivity contribution is 9.10. The Morgan fingerprint density at radius 3 is 2.76 bits per heavy atom. The number of phenolic OH excluding ortho intramolecular Hbond substituents is 1. The van der Waals surface area contributed by atoms with E-state index in [1.54, 1.807) is 6.07 Å². The number of aliphatic imine (C=N–C) groups is 1. The third-order valence-electron chi connectivity index (χ3n) is 3.40. The van der Waals surface area contributed by atoms with Gasteiger partial charge in [-0.1, -0.05) is 24.3 Å². The van der Waals surface area contributed by atoms with Gasteiger partial charge in [0, 0.05) is 17.2 Å². The van der Waals surface area contributed by atoms with Crippen LogP contribution in [0, 0.1) is 6.92 Å². The average Bonchev–Trinajstić information content (AvgIpc) is 2.59. The largest absolute Gasteiger partial charge is 0.507 e. The van der Waals surface area contributed by atoms with Crippen LogP contribution in [0.2, 0.25) is 0 Å². The number of benzene rings is 2. The normalized spacial score (nSPS) is 14.0. The van der Waals surface area contributed by atoms with Crippen molar-refractivity contribution >= 4 is 33.2 Å². The minimum Gasteiger partial charge on any atom is -0.507 e. The molecule has 1 aliphatic rings. The summed E-state index contributed by atoms with van der Waals surface area (Å²) < 4.78 is 0.568. The molecule has 4 nitrogen and oxygen atoms in total. The fourth-order valence-corrected chi connectivity index (χ4v) is 2.70. The minimum absolute atomic E-state index is 0.0662. The van der Waals surface area contributed by atoms with Gasteiger partial charge < -0.3 is 10.4 Å². The molecule has 0 radical (unpaired) electrons. The van der Waals surface area contributed by atoms with Crippen LogP contribution >= 0.6 is 15.9 Å². The van der Waals surface area contributed by atoms with Crippen LogP contribution in [0.4, 0.5) is 5.69 Å². The van der Waals surface area contributed by atoms with E-state index in [1.165, 1.54) is 6.07 Å². The number of hydrogen-bond donors (Lipinski definition) is 2. The van der Waals surface area contributed by atoms with Gasteiger partial charge in [0.1, 0.15) is 12.3 Å². The third-order valence-corrected chi connectivity index (χ3v) is 4.03. The smallest absolute Gasteiger partial charge is 0.246 e. The molecule has 0 saturated carbocycles. The second-order valence-electron chi connectivity index (χ2n) is 4.88. The zero-order valence-electron chi connectivity index (χ0n) is 11.4. The van der Waals surface area contributed by atoms with Crippen molar-refractivity contribution in [3.63, 3.8) is 0 Å². The number of amides is 1. The number of phenols is 1. The first-order valence-corrected chi connectivity index (χ1v) is 7.29. The van der Waals surface area contributed by atoms with E-state index in [4.69, 9.17) is 0 Å². The van der Waals surface area contributed by atoms with Crippen molar-refractivity contribution in [2.24, 2.45) is 4.99 Å². The molecule has 1 amide bonds. The number of aryl methyl sites for hydroxylation is 1. The van der Waals surface area contributed by atoms with Gasteiger partial charge in [-0.15, -0.1) is 0 Å². The standard InChI is InChI=1S/C16H13BrN2O2/c1-9-4-2-3-5-10(9)16-11-6-12(17)14(20)7-13(11)19-15(21)8-18-16/h2-7,20H,8H2,1H3,(H,19,21). The highest BCUT2D eigenvalue weighted by Crippen LogP contribution is 2.33. The number of nitrogens with one attached hydrogen (secondary N) is 1. The highest BCUT2D eigenvalue weighted by atomic mass is 79.9. The monoisotopic (exact) mass is 344 g/mol. The van der Waals surface area contributed by atoms with Crippen molar-refractivity contribution in [3.05, 3.63) is 57.6 Å². The molecule has 0 spiro atoms. The molecule has 0 fully saturated rings. The first kappa shape index (κ1) is 13.8. The molecule has 1 aliphatic heterocycles. The number of aromatic hydroxyl groups is 1. The summed E-state index contributed by atoms with van der Waals surface area (Å²) in [7, 11) is 0. The van der Waals surface area contributed by atoms with E-state index in [-0.39, 0.29) is 18.2 Å². The van der Waals surface area contributed by atoms with E-state index in [0.717, 1.165) is 22.4 Å². The fourth-order valence-electron chi connectivity index (χ4n) is 2.36. The summed E-state index contributed by atoms with van der Waals surface area (Å²) in [5, 5.41) is 12.6. The Morgan fingerprint density at radius 1 is 1.24 bits per heavy atom. The quantitative estimate of drug-likeness (QED) is 0.833. The molecule has 0 aromatic heterocycles. The molecule has 5 heteroatoms. The minimum atomic E-state index is -0.193. The van der Waals surface area contributed by atoms with Crippen LogP contribution in [-0.2, 0) is 4.79 Å².